The molecule has 5 rings (SSSR count). The van der Waals surface area contributed by atoms with Gasteiger partial charge in [-0.2, -0.15) is 5.10 Å². The molecule has 35 heavy (non-hydrogen) atoms. The number of aromatic amines is 1. The number of benzene rings is 2. The second kappa shape index (κ2) is 11.1. The van der Waals surface area contributed by atoms with Crippen molar-refractivity contribution < 1.29 is 18.7 Å². The van der Waals surface area contributed by atoms with Crippen LogP contribution < -0.4 is 5.32 Å². The van der Waals surface area contributed by atoms with Crippen molar-refractivity contribution in [2.75, 3.05) is 6.54 Å². The van der Waals surface area contributed by atoms with Crippen LogP contribution in [0.25, 0.3) is 22.0 Å². The van der Waals surface area contributed by atoms with Gasteiger partial charge >= 0.3 is 0 Å². The molecule has 2 heterocycles. The molecule has 3 N–H and O–H groups in total. The number of nitrogens with zero attached hydrogens (tertiary/aromatic N) is 2. The Morgan fingerprint density at radius 2 is 1.77 bits per heavy atom. The summed E-state index contributed by atoms with van der Waals surface area (Å²) >= 11 is 0. The molecule has 0 unspecified atom stereocenters. The maximum absolute atomic E-state index is 13.1. The summed E-state index contributed by atoms with van der Waals surface area (Å²) in [6.07, 6.45) is 9.40. The average Bonchev–Trinajstić information content (AvgIpc) is 3.34. The lowest BCUT2D eigenvalue weighted by Gasteiger charge is -2.21. The van der Waals surface area contributed by atoms with Gasteiger partial charge in [-0.1, -0.05) is 31.4 Å². The second-order valence-electron chi connectivity index (χ2n) is 8.86. The molecular weight excluding hydrogens is 450 g/mol. The van der Waals surface area contributed by atoms with Gasteiger partial charge in [0.05, 0.1) is 11.7 Å². The Kier molecular flexibility index (Phi) is 7.70. The van der Waals surface area contributed by atoms with Crippen LogP contribution in [0, 0.1) is 24.5 Å². The summed E-state index contributed by atoms with van der Waals surface area (Å²) in [7, 11) is 0. The molecule has 6 nitrogen and oxygen atoms in total. The predicted molar refractivity (Wildman–Crippen MR) is 131 cm³/mol. The summed E-state index contributed by atoms with van der Waals surface area (Å²) in [5, 5.41) is 19.8. The molecule has 1 saturated carbocycles. The van der Waals surface area contributed by atoms with Crippen molar-refractivity contribution in [3.8, 4) is 16.9 Å². The largest absolute Gasteiger partial charge is 0.503 e. The molecule has 0 saturated heterocycles. The molecule has 182 valence electrons. The molecule has 0 atom stereocenters. The number of rotatable bonds is 4. The maximum atomic E-state index is 13.1. The highest BCUT2D eigenvalue weighted by atomic mass is 19.1. The van der Waals surface area contributed by atoms with Gasteiger partial charge in [0.25, 0.3) is 5.91 Å². The molecule has 2 aromatic heterocycles. The highest BCUT2D eigenvalue weighted by molar-refractivity contribution is 5.94. The Bertz CT molecular complexity index is 1290. The Morgan fingerprint density at radius 3 is 2.49 bits per heavy atom. The van der Waals surface area contributed by atoms with E-state index in [2.05, 4.69) is 44.8 Å². The van der Waals surface area contributed by atoms with Crippen molar-refractivity contribution in [3.63, 3.8) is 0 Å². The lowest BCUT2D eigenvalue weighted by Crippen LogP contribution is -2.30. The first-order valence-corrected chi connectivity index (χ1v) is 11.7. The van der Waals surface area contributed by atoms with Gasteiger partial charge < -0.3 is 10.4 Å². The van der Waals surface area contributed by atoms with Crippen LogP contribution in [0.3, 0.4) is 0 Å². The number of aryl methyl sites for hydroxylation is 1. The average molecular weight is 479 g/mol. The zero-order chi connectivity index (χ0) is 24.8. The Labute approximate surface area is 202 Å². The monoisotopic (exact) mass is 478 g/mol. The zero-order valence-corrected chi connectivity index (χ0v) is 19.5. The first-order valence-electron chi connectivity index (χ1n) is 11.7. The van der Waals surface area contributed by atoms with E-state index in [1.807, 2.05) is 25.4 Å². The van der Waals surface area contributed by atoms with E-state index >= 15 is 0 Å². The van der Waals surface area contributed by atoms with Crippen LogP contribution in [0.5, 0.6) is 5.75 Å². The van der Waals surface area contributed by atoms with Gasteiger partial charge in [-0.15, -0.1) is 0 Å². The highest BCUT2D eigenvalue weighted by Crippen LogP contribution is 2.25. The molecule has 1 aliphatic carbocycles. The van der Waals surface area contributed by atoms with Crippen LogP contribution in [-0.2, 0) is 0 Å². The minimum atomic E-state index is -1.12. The Balaban J connectivity index is 0.000000167. The summed E-state index contributed by atoms with van der Waals surface area (Å²) in [6, 6.07) is 12.1. The fourth-order valence-electron chi connectivity index (χ4n) is 4.27. The molecule has 0 aliphatic heterocycles. The van der Waals surface area contributed by atoms with Crippen LogP contribution in [0.1, 0.15) is 48.2 Å². The fraction of sp³-hybridized carbons (Fsp3) is 0.296. The number of nitrogens with one attached hydrogen (secondary N) is 2. The quantitative estimate of drug-likeness (QED) is 0.340. The standard InChI is InChI=1S/C14H17F2NO2.C13H11N3/c15-11-6-10(7-12(16)13(11)18)14(19)17-8-9-4-2-1-3-5-9;1-9-6-11(4-5-14-9)10-2-3-12-8-15-16-13(12)7-10/h6-7,9,18H,1-5,8H2,(H,17,19);2-8H,1H3,(H,15,16). The normalized spacial score (nSPS) is 13.8. The van der Waals surface area contributed by atoms with E-state index in [9.17, 15) is 13.6 Å². The number of H-pyrrole nitrogens is 1. The molecule has 1 aliphatic rings. The number of aromatic hydroxyl groups is 1. The van der Waals surface area contributed by atoms with E-state index in [1.54, 1.807) is 0 Å². The SMILES string of the molecule is Cc1cc(-c2ccc3cn[nH]c3c2)ccn1.O=C(NCC1CCCCC1)c1cc(F)c(O)c(F)c1. The summed E-state index contributed by atoms with van der Waals surface area (Å²) < 4.78 is 26.3. The van der Waals surface area contributed by atoms with Crippen LogP contribution >= 0.6 is 0 Å². The molecule has 1 amide bonds. The van der Waals surface area contributed by atoms with Crippen molar-refractivity contribution in [2.24, 2.45) is 5.92 Å². The molecule has 0 bridgehead atoms. The highest BCUT2D eigenvalue weighted by Gasteiger charge is 2.17. The number of halogens is 2. The van der Waals surface area contributed by atoms with Crippen molar-refractivity contribution in [3.05, 3.63) is 77.8 Å². The number of carbonyl (C=O) groups excluding carboxylic acids is 1. The van der Waals surface area contributed by atoms with Gasteiger partial charge in [0, 0.05) is 29.4 Å². The van der Waals surface area contributed by atoms with Crippen molar-refractivity contribution in [1.29, 1.82) is 0 Å². The maximum Gasteiger partial charge on any atom is 0.251 e. The first-order chi connectivity index (χ1) is 16.9. The number of fused-ring (bicyclic) bond motifs is 1. The molecule has 1 fully saturated rings. The van der Waals surface area contributed by atoms with Gasteiger partial charge in [-0.25, -0.2) is 8.78 Å². The summed E-state index contributed by atoms with van der Waals surface area (Å²) in [6.45, 7) is 2.53. The van der Waals surface area contributed by atoms with E-state index in [0.717, 1.165) is 41.6 Å². The number of amides is 1. The number of hydrogen-bond acceptors (Lipinski definition) is 4. The zero-order valence-electron chi connectivity index (χ0n) is 19.5. The first kappa shape index (κ1) is 24.3. The van der Waals surface area contributed by atoms with Gasteiger partial charge in [0.1, 0.15) is 0 Å². The van der Waals surface area contributed by atoms with E-state index < -0.39 is 23.3 Å². The number of phenolic OH excluding ortho intramolecular Hbond substituents is 1. The molecular formula is C27H28F2N4O2. The van der Waals surface area contributed by atoms with E-state index in [-0.39, 0.29) is 5.56 Å². The number of carbonyl (C=O) groups is 1. The molecule has 0 radical (unpaired) electrons. The number of pyridine rings is 1. The van der Waals surface area contributed by atoms with E-state index in [4.69, 9.17) is 5.11 Å². The number of phenols is 1. The lowest BCUT2D eigenvalue weighted by molar-refractivity contribution is 0.0942. The molecule has 4 aromatic rings. The third kappa shape index (κ3) is 6.20. The van der Waals surface area contributed by atoms with Crippen molar-refractivity contribution in [2.45, 2.75) is 39.0 Å². The molecule has 2 aromatic carbocycles. The second-order valence-corrected chi connectivity index (χ2v) is 8.86. The van der Waals surface area contributed by atoms with E-state index in [0.29, 0.717) is 12.5 Å². The minimum absolute atomic E-state index is 0.108. The summed E-state index contributed by atoms with van der Waals surface area (Å²) in [5.74, 6) is -3.36. The fourth-order valence-corrected chi connectivity index (χ4v) is 4.27. The Morgan fingerprint density at radius 1 is 1.06 bits per heavy atom. The number of hydrogen-bond donors (Lipinski definition) is 3. The van der Waals surface area contributed by atoms with Gasteiger partial charge in [0.2, 0.25) is 0 Å². The smallest absolute Gasteiger partial charge is 0.251 e. The van der Waals surface area contributed by atoms with Crippen LogP contribution in [-0.4, -0.2) is 32.7 Å². The number of aromatic nitrogens is 3. The van der Waals surface area contributed by atoms with Gasteiger partial charge in [0.15, 0.2) is 17.4 Å². The molecule has 8 heteroatoms. The topological polar surface area (TPSA) is 90.9 Å². The summed E-state index contributed by atoms with van der Waals surface area (Å²) in [4.78, 5) is 16.0. The lowest BCUT2D eigenvalue weighted by atomic mass is 9.89. The van der Waals surface area contributed by atoms with Crippen LogP contribution in [0.2, 0.25) is 0 Å². The summed E-state index contributed by atoms with van der Waals surface area (Å²) in [5.41, 5.74) is 4.35. The third-order valence-electron chi connectivity index (χ3n) is 6.23. The van der Waals surface area contributed by atoms with Crippen molar-refractivity contribution in [1.82, 2.24) is 20.5 Å². The van der Waals surface area contributed by atoms with E-state index in [1.165, 1.54) is 30.4 Å². The van der Waals surface area contributed by atoms with Crippen LogP contribution in [0.15, 0.2) is 54.9 Å². The minimum Gasteiger partial charge on any atom is -0.503 e. The third-order valence-corrected chi connectivity index (χ3v) is 6.23. The van der Waals surface area contributed by atoms with Gasteiger partial charge in [-0.3, -0.25) is 14.9 Å². The predicted octanol–water partition coefficient (Wildman–Crippen LogP) is 5.91. The van der Waals surface area contributed by atoms with Gasteiger partial charge in [-0.05, 0) is 67.1 Å². The van der Waals surface area contributed by atoms with Crippen molar-refractivity contribution >= 4 is 16.8 Å². The Hall–Kier alpha value is -3.81. The van der Waals surface area contributed by atoms with Crippen LogP contribution in [0.4, 0.5) is 8.78 Å². The molecule has 0 spiro atoms.